The lowest BCUT2D eigenvalue weighted by molar-refractivity contribution is -0.116. The molecule has 1 saturated carbocycles. The number of amides is 2. The lowest BCUT2D eigenvalue weighted by Crippen LogP contribution is -2.33. The van der Waals surface area contributed by atoms with Gasteiger partial charge in [-0.25, -0.2) is 0 Å². The van der Waals surface area contributed by atoms with Crippen molar-refractivity contribution in [1.29, 1.82) is 0 Å². The van der Waals surface area contributed by atoms with Crippen molar-refractivity contribution in [2.24, 2.45) is 0 Å². The van der Waals surface area contributed by atoms with Crippen LogP contribution in [0.2, 0.25) is 0 Å². The summed E-state index contributed by atoms with van der Waals surface area (Å²) in [7, 11) is 1.63. The van der Waals surface area contributed by atoms with Crippen LogP contribution in [0.1, 0.15) is 48.0 Å². The second-order valence-electron chi connectivity index (χ2n) is 6.90. The van der Waals surface area contributed by atoms with E-state index in [-0.39, 0.29) is 17.9 Å². The second-order valence-corrected chi connectivity index (χ2v) is 6.90. The van der Waals surface area contributed by atoms with E-state index < -0.39 is 0 Å². The summed E-state index contributed by atoms with van der Waals surface area (Å²) in [4.78, 5) is 24.9. The third-order valence-corrected chi connectivity index (χ3v) is 4.94. The van der Waals surface area contributed by atoms with E-state index in [0.717, 1.165) is 37.0 Å². The molecule has 2 aromatic carbocycles. The second kappa shape index (κ2) is 9.21. The fourth-order valence-electron chi connectivity index (χ4n) is 3.39. The number of carbonyl (C=O) groups excluding carboxylic acids is 2. The highest BCUT2D eigenvalue weighted by Gasteiger charge is 2.20. The standard InChI is InChI=1S/C22H26N2O3/c1-27-18-13-10-16(11-14-18)12-15-21(25)24-20-9-5-4-8-19(20)22(26)23-17-6-2-3-7-17/h4-5,8-11,13-14,17H,2-3,6-7,12,15H2,1H3,(H,23,26)(H,24,25). The summed E-state index contributed by atoms with van der Waals surface area (Å²) in [5, 5.41) is 5.96. The third kappa shape index (κ3) is 5.33. The Hall–Kier alpha value is -2.82. The van der Waals surface area contributed by atoms with Crippen LogP contribution in [0.15, 0.2) is 48.5 Å². The molecule has 5 nitrogen and oxygen atoms in total. The molecular formula is C22H26N2O3. The third-order valence-electron chi connectivity index (χ3n) is 4.94. The lowest BCUT2D eigenvalue weighted by atomic mass is 10.1. The van der Waals surface area contributed by atoms with Gasteiger partial charge in [-0.1, -0.05) is 37.1 Å². The largest absolute Gasteiger partial charge is 0.497 e. The van der Waals surface area contributed by atoms with Crippen LogP contribution in [0.3, 0.4) is 0 Å². The zero-order chi connectivity index (χ0) is 19.1. The van der Waals surface area contributed by atoms with Crippen LogP contribution in [0, 0.1) is 0 Å². The van der Waals surface area contributed by atoms with Crippen LogP contribution < -0.4 is 15.4 Å². The number of hydrogen-bond acceptors (Lipinski definition) is 3. The summed E-state index contributed by atoms with van der Waals surface area (Å²) in [6, 6.07) is 15.1. The molecule has 0 bridgehead atoms. The maximum Gasteiger partial charge on any atom is 0.253 e. The van der Waals surface area contributed by atoms with Gasteiger partial charge in [0.2, 0.25) is 5.91 Å². The Bertz CT molecular complexity index is 780. The minimum Gasteiger partial charge on any atom is -0.497 e. The summed E-state index contributed by atoms with van der Waals surface area (Å²) < 4.78 is 5.14. The fourth-order valence-corrected chi connectivity index (χ4v) is 3.39. The van der Waals surface area contributed by atoms with E-state index in [1.54, 1.807) is 19.2 Å². The first-order valence-electron chi connectivity index (χ1n) is 9.48. The smallest absolute Gasteiger partial charge is 0.253 e. The molecule has 2 amide bonds. The summed E-state index contributed by atoms with van der Waals surface area (Å²) in [5.74, 6) is 0.574. The molecule has 2 aromatic rings. The SMILES string of the molecule is COc1ccc(CCC(=O)Nc2ccccc2C(=O)NC2CCCC2)cc1. The summed E-state index contributed by atoms with van der Waals surface area (Å²) in [6.07, 6.45) is 5.37. The van der Waals surface area contributed by atoms with Crippen LogP contribution in [-0.4, -0.2) is 25.0 Å². The number of anilines is 1. The van der Waals surface area contributed by atoms with Crippen molar-refractivity contribution in [2.75, 3.05) is 12.4 Å². The molecule has 0 radical (unpaired) electrons. The average Bonchev–Trinajstić information content (AvgIpc) is 3.20. The molecule has 0 aliphatic heterocycles. The van der Waals surface area contributed by atoms with Gasteiger partial charge in [0, 0.05) is 12.5 Å². The number of ether oxygens (including phenoxy) is 1. The van der Waals surface area contributed by atoms with E-state index in [4.69, 9.17) is 4.74 Å². The molecule has 142 valence electrons. The van der Waals surface area contributed by atoms with E-state index in [0.29, 0.717) is 24.1 Å². The van der Waals surface area contributed by atoms with E-state index in [2.05, 4.69) is 10.6 Å². The van der Waals surface area contributed by atoms with Crippen LogP contribution in [0.25, 0.3) is 0 Å². The predicted octanol–water partition coefficient (Wildman–Crippen LogP) is 3.94. The molecule has 0 spiro atoms. The maximum absolute atomic E-state index is 12.6. The number of aryl methyl sites for hydroxylation is 1. The Balaban J connectivity index is 1.57. The van der Waals surface area contributed by atoms with Crippen molar-refractivity contribution >= 4 is 17.5 Å². The molecule has 2 N–H and O–H groups in total. The van der Waals surface area contributed by atoms with Crippen LogP contribution in [0.5, 0.6) is 5.75 Å². The first-order valence-corrected chi connectivity index (χ1v) is 9.48. The predicted molar refractivity (Wildman–Crippen MR) is 106 cm³/mol. The summed E-state index contributed by atoms with van der Waals surface area (Å²) in [6.45, 7) is 0. The van der Waals surface area contributed by atoms with Crippen molar-refractivity contribution in [3.05, 3.63) is 59.7 Å². The Morgan fingerprint density at radius 1 is 1.04 bits per heavy atom. The van der Waals surface area contributed by atoms with Gasteiger partial charge in [0.25, 0.3) is 5.91 Å². The number of hydrogen-bond donors (Lipinski definition) is 2. The minimum atomic E-state index is -0.118. The van der Waals surface area contributed by atoms with Gasteiger partial charge in [-0.2, -0.15) is 0 Å². The molecular weight excluding hydrogens is 340 g/mol. The normalized spacial score (nSPS) is 14.0. The number of para-hydroxylation sites is 1. The molecule has 3 rings (SSSR count). The highest BCUT2D eigenvalue weighted by Crippen LogP contribution is 2.20. The lowest BCUT2D eigenvalue weighted by Gasteiger charge is -2.15. The molecule has 0 saturated heterocycles. The van der Waals surface area contributed by atoms with E-state index in [9.17, 15) is 9.59 Å². The molecule has 1 aliphatic rings. The number of benzene rings is 2. The van der Waals surface area contributed by atoms with Crippen LogP contribution >= 0.6 is 0 Å². The van der Waals surface area contributed by atoms with Crippen LogP contribution in [0.4, 0.5) is 5.69 Å². The van der Waals surface area contributed by atoms with Gasteiger partial charge in [-0.3, -0.25) is 9.59 Å². The van der Waals surface area contributed by atoms with Crippen molar-refractivity contribution in [1.82, 2.24) is 5.32 Å². The molecule has 27 heavy (non-hydrogen) atoms. The van der Waals surface area contributed by atoms with Crippen molar-refractivity contribution < 1.29 is 14.3 Å². The topological polar surface area (TPSA) is 67.4 Å². The molecule has 1 aliphatic carbocycles. The van der Waals surface area contributed by atoms with Crippen LogP contribution in [-0.2, 0) is 11.2 Å². The zero-order valence-corrected chi connectivity index (χ0v) is 15.7. The highest BCUT2D eigenvalue weighted by atomic mass is 16.5. The fraction of sp³-hybridized carbons (Fsp3) is 0.364. The first kappa shape index (κ1) is 19.0. The quantitative estimate of drug-likeness (QED) is 0.780. The van der Waals surface area contributed by atoms with Crippen molar-refractivity contribution in [3.8, 4) is 5.75 Å². The van der Waals surface area contributed by atoms with Gasteiger partial charge < -0.3 is 15.4 Å². The van der Waals surface area contributed by atoms with Crippen molar-refractivity contribution in [3.63, 3.8) is 0 Å². The number of nitrogens with one attached hydrogen (secondary N) is 2. The van der Waals surface area contributed by atoms with Crippen molar-refractivity contribution in [2.45, 2.75) is 44.6 Å². The van der Waals surface area contributed by atoms with Gasteiger partial charge in [0.1, 0.15) is 5.75 Å². The average molecular weight is 366 g/mol. The first-order chi connectivity index (χ1) is 13.2. The Kier molecular flexibility index (Phi) is 6.47. The zero-order valence-electron chi connectivity index (χ0n) is 15.7. The Morgan fingerprint density at radius 2 is 1.74 bits per heavy atom. The van der Waals surface area contributed by atoms with Gasteiger partial charge in [-0.15, -0.1) is 0 Å². The van der Waals surface area contributed by atoms with Gasteiger partial charge >= 0.3 is 0 Å². The highest BCUT2D eigenvalue weighted by molar-refractivity contribution is 6.03. The number of carbonyl (C=O) groups is 2. The van der Waals surface area contributed by atoms with E-state index in [1.165, 1.54) is 0 Å². The molecule has 0 atom stereocenters. The molecule has 0 unspecified atom stereocenters. The number of rotatable bonds is 7. The van der Waals surface area contributed by atoms with Gasteiger partial charge in [-0.05, 0) is 49.1 Å². The summed E-state index contributed by atoms with van der Waals surface area (Å²) >= 11 is 0. The summed E-state index contributed by atoms with van der Waals surface area (Å²) in [5.41, 5.74) is 2.15. The van der Waals surface area contributed by atoms with E-state index >= 15 is 0 Å². The Labute approximate surface area is 160 Å². The molecule has 1 fully saturated rings. The van der Waals surface area contributed by atoms with Gasteiger partial charge in [0.15, 0.2) is 0 Å². The van der Waals surface area contributed by atoms with E-state index in [1.807, 2.05) is 36.4 Å². The molecule has 0 aromatic heterocycles. The monoisotopic (exact) mass is 366 g/mol. The maximum atomic E-state index is 12.6. The Morgan fingerprint density at radius 3 is 2.44 bits per heavy atom. The minimum absolute atomic E-state index is 0.105. The molecule has 0 heterocycles. The molecule has 5 heteroatoms. The van der Waals surface area contributed by atoms with Gasteiger partial charge in [0.05, 0.1) is 18.4 Å². The number of methoxy groups -OCH3 is 1.